The summed E-state index contributed by atoms with van der Waals surface area (Å²) in [7, 11) is 0. The van der Waals surface area contributed by atoms with Crippen LogP contribution in [-0.4, -0.2) is 47.4 Å². The van der Waals surface area contributed by atoms with Crippen LogP contribution < -0.4 is 5.32 Å². The Morgan fingerprint density at radius 1 is 1.39 bits per heavy atom. The number of ether oxygens (including phenoxy) is 2. The number of thiazole rings is 1. The number of hydrogen-bond donors (Lipinski definition) is 1. The highest BCUT2D eigenvalue weighted by Crippen LogP contribution is 2.31. The number of carbonyl (C=O) groups excluding carboxylic acids is 2. The number of cyclic esters (lactones) is 1. The van der Waals surface area contributed by atoms with E-state index in [9.17, 15) is 9.59 Å². The second-order valence-corrected chi connectivity index (χ2v) is 7.56. The largest absolute Gasteiger partial charge is 0.509 e. The van der Waals surface area contributed by atoms with Gasteiger partial charge in [0.25, 0.3) is 0 Å². The number of piperidine rings is 1. The van der Waals surface area contributed by atoms with Crippen LogP contribution in [0.5, 0.6) is 0 Å². The predicted molar refractivity (Wildman–Crippen MR) is 84.5 cm³/mol. The second-order valence-electron chi connectivity index (χ2n) is 6.16. The third-order valence-electron chi connectivity index (χ3n) is 4.40. The molecule has 1 aromatic rings. The number of hydrogen-bond acceptors (Lipinski definition) is 6. The van der Waals surface area contributed by atoms with Gasteiger partial charge in [-0.05, 0) is 20.8 Å². The summed E-state index contributed by atoms with van der Waals surface area (Å²) in [6.45, 7) is 7.30. The molecule has 1 atom stereocenters. The number of carbonyl (C=O) groups is 2. The van der Waals surface area contributed by atoms with Gasteiger partial charge in [0, 0.05) is 30.8 Å². The lowest BCUT2D eigenvalue weighted by molar-refractivity contribution is 0.00916. The minimum atomic E-state index is -0.606. The van der Waals surface area contributed by atoms with Gasteiger partial charge in [-0.2, -0.15) is 0 Å². The summed E-state index contributed by atoms with van der Waals surface area (Å²) in [6.07, 6.45) is 0.607. The van der Waals surface area contributed by atoms with E-state index in [4.69, 9.17) is 9.47 Å². The van der Waals surface area contributed by atoms with Crippen molar-refractivity contribution in [3.8, 4) is 0 Å². The molecule has 0 aromatic carbocycles. The number of aryl methyl sites for hydroxylation is 2. The number of likely N-dealkylation sites (tertiary alicyclic amines) is 1. The van der Waals surface area contributed by atoms with Gasteiger partial charge in [-0.25, -0.2) is 14.6 Å². The van der Waals surface area contributed by atoms with Crippen molar-refractivity contribution in [1.82, 2.24) is 15.2 Å². The van der Waals surface area contributed by atoms with Gasteiger partial charge in [-0.15, -0.1) is 11.3 Å². The highest BCUT2D eigenvalue weighted by Gasteiger charge is 2.45. The zero-order chi connectivity index (χ0) is 16.6. The molecule has 2 amide bonds. The van der Waals surface area contributed by atoms with E-state index >= 15 is 0 Å². The van der Waals surface area contributed by atoms with Crippen LogP contribution in [-0.2, 0) is 9.47 Å². The van der Waals surface area contributed by atoms with Crippen LogP contribution in [0.1, 0.15) is 41.4 Å². The Bertz CT molecular complexity index is 622. The van der Waals surface area contributed by atoms with Crippen molar-refractivity contribution in [2.24, 2.45) is 0 Å². The zero-order valence-corrected chi connectivity index (χ0v) is 14.4. The van der Waals surface area contributed by atoms with E-state index in [1.165, 1.54) is 0 Å². The molecular weight excluding hydrogens is 318 g/mol. The molecule has 2 saturated heterocycles. The molecule has 1 aromatic heterocycles. The minimum Gasteiger partial charge on any atom is -0.430 e. The van der Waals surface area contributed by atoms with Crippen LogP contribution in [0.3, 0.4) is 0 Å². The van der Waals surface area contributed by atoms with E-state index < -0.39 is 11.8 Å². The zero-order valence-electron chi connectivity index (χ0n) is 13.5. The fourth-order valence-corrected chi connectivity index (χ4v) is 4.00. The summed E-state index contributed by atoms with van der Waals surface area (Å²) in [5.74, 6) is 0. The second kappa shape index (κ2) is 5.99. The average molecular weight is 339 g/mol. The van der Waals surface area contributed by atoms with Gasteiger partial charge in [0.15, 0.2) is 5.60 Å². The molecule has 2 fully saturated rings. The average Bonchev–Trinajstić information content (AvgIpc) is 3.02. The van der Waals surface area contributed by atoms with E-state index in [1.54, 1.807) is 16.2 Å². The summed E-state index contributed by atoms with van der Waals surface area (Å²) in [4.78, 5) is 30.9. The lowest BCUT2D eigenvalue weighted by Gasteiger charge is -2.36. The summed E-state index contributed by atoms with van der Waals surface area (Å²) in [5, 5.41) is 4.00. The first-order chi connectivity index (χ1) is 10.9. The van der Waals surface area contributed by atoms with Gasteiger partial charge in [0.05, 0.1) is 16.7 Å². The Labute approximate surface area is 139 Å². The molecule has 0 radical (unpaired) electrons. The minimum absolute atomic E-state index is 0.109. The molecule has 1 unspecified atom stereocenters. The molecule has 126 valence electrons. The Balaban J connectivity index is 1.55. The molecular formula is C15H21N3O4S. The Kier molecular flexibility index (Phi) is 4.18. The van der Waals surface area contributed by atoms with E-state index in [0.717, 1.165) is 15.6 Å². The Morgan fingerprint density at radius 3 is 2.61 bits per heavy atom. The van der Waals surface area contributed by atoms with Gasteiger partial charge >= 0.3 is 12.2 Å². The molecule has 0 bridgehead atoms. The van der Waals surface area contributed by atoms with Gasteiger partial charge in [0.1, 0.15) is 6.61 Å². The normalized spacial score (nSPS) is 21.0. The molecule has 8 heteroatoms. The molecule has 1 N–H and O–H groups in total. The molecule has 7 nitrogen and oxygen atoms in total. The summed E-state index contributed by atoms with van der Waals surface area (Å²) in [6, 6.07) is -0.237. The van der Waals surface area contributed by atoms with Crippen LogP contribution >= 0.6 is 11.3 Å². The highest BCUT2D eigenvalue weighted by molar-refractivity contribution is 7.11. The fraction of sp³-hybridized carbons (Fsp3) is 0.667. The van der Waals surface area contributed by atoms with Gasteiger partial charge in [-0.3, -0.25) is 0 Å². The van der Waals surface area contributed by atoms with E-state index in [-0.39, 0.29) is 18.7 Å². The van der Waals surface area contributed by atoms with E-state index in [1.807, 2.05) is 20.8 Å². The summed E-state index contributed by atoms with van der Waals surface area (Å²) in [5.41, 5.74) is 0.384. The fourth-order valence-electron chi connectivity index (χ4n) is 3.08. The molecule has 3 rings (SSSR count). The number of nitrogens with zero attached hydrogens (tertiary/aromatic N) is 2. The van der Waals surface area contributed by atoms with E-state index in [0.29, 0.717) is 25.9 Å². The topological polar surface area (TPSA) is 80.8 Å². The first kappa shape index (κ1) is 16.0. The molecule has 1 spiro atoms. The van der Waals surface area contributed by atoms with Crippen molar-refractivity contribution >= 4 is 23.5 Å². The molecule has 0 saturated carbocycles. The monoisotopic (exact) mass is 339 g/mol. The summed E-state index contributed by atoms with van der Waals surface area (Å²) >= 11 is 1.63. The Morgan fingerprint density at radius 2 is 2.09 bits per heavy atom. The van der Waals surface area contributed by atoms with Crippen molar-refractivity contribution in [3.63, 3.8) is 0 Å². The smallest absolute Gasteiger partial charge is 0.430 e. The Hall–Kier alpha value is -1.83. The molecule has 2 aliphatic rings. The number of urea groups is 1. The first-order valence-corrected chi connectivity index (χ1v) is 8.55. The third kappa shape index (κ3) is 3.26. The highest BCUT2D eigenvalue weighted by atomic mass is 32.1. The van der Waals surface area contributed by atoms with Gasteiger partial charge < -0.3 is 19.7 Å². The van der Waals surface area contributed by atoms with Crippen molar-refractivity contribution in [1.29, 1.82) is 0 Å². The van der Waals surface area contributed by atoms with Crippen LogP contribution in [0.25, 0.3) is 0 Å². The summed E-state index contributed by atoms with van der Waals surface area (Å²) < 4.78 is 10.2. The van der Waals surface area contributed by atoms with Crippen LogP contribution in [0.15, 0.2) is 0 Å². The molecule has 23 heavy (non-hydrogen) atoms. The number of aromatic nitrogens is 1. The molecule has 2 aliphatic heterocycles. The maximum absolute atomic E-state index is 12.4. The van der Waals surface area contributed by atoms with Crippen molar-refractivity contribution < 1.29 is 19.1 Å². The van der Waals surface area contributed by atoms with Crippen molar-refractivity contribution in [3.05, 3.63) is 15.6 Å². The maximum atomic E-state index is 12.4. The van der Waals surface area contributed by atoms with Crippen molar-refractivity contribution in [2.45, 2.75) is 45.3 Å². The standard InChI is InChI=1S/C15H21N3O4S/c1-9(12-10(2)23-11(3)17-12)16-13(19)18-6-4-15(5-7-18)8-21-14(20)22-15/h9H,4-8H2,1-3H3,(H,16,19). The van der Waals surface area contributed by atoms with Crippen LogP contribution in [0, 0.1) is 13.8 Å². The van der Waals surface area contributed by atoms with Gasteiger partial charge in [0.2, 0.25) is 0 Å². The lowest BCUT2D eigenvalue weighted by Crippen LogP contribution is -2.51. The maximum Gasteiger partial charge on any atom is 0.509 e. The molecule has 0 aliphatic carbocycles. The van der Waals surface area contributed by atoms with Crippen LogP contribution in [0.4, 0.5) is 9.59 Å². The first-order valence-electron chi connectivity index (χ1n) is 7.74. The molecule has 3 heterocycles. The van der Waals surface area contributed by atoms with Crippen molar-refractivity contribution in [2.75, 3.05) is 19.7 Å². The van der Waals surface area contributed by atoms with Crippen LogP contribution in [0.2, 0.25) is 0 Å². The quantitative estimate of drug-likeness (QED) is 0.838. The number of amides is 2. The number of nitrogens with one attached hydrogen (secondary N) is 1. The van der Waals surface area contributed by atoms with Gasteiger partial charge in [-0.1, -0.05) is 0 Å². The van der Waals surface area contributed by atoms with E-state index in [2.05, 4.69) is 10.3 Å². The third-order valence-corrected chi connectivity index (χ3v) is 5.31. The SMILES string of the molecule is Cc1nc(C(C)NC(=O)N2CCC3(CC2)COC(=O)O3)c(C)s1. The predicted octanol–water partition coefficient (Wildman–Crippen LogP) is 2.53. The lowest BCUT2D eigenvalue weighted by atomic mass is 9.92. The number of rotatable bonds is 2.